The van der Waals surface area contributed by atoms with E-state index in [1.807, 2.05) is 0 Å². The van der Waals surface area contributed by atoms with E-state index in [0.717, 1.165) is 5.69 Å². The summed E-state index contributed by atoms with van der Waals surface area (Å²) in [7, 11) is 0. The fourth-order valence-corrected chi connectivity index (χ4v) is 2.32. The van der Waals surface area contributed by atoms with E-state index in [2.05, 4.69) is 15.0 Å². The second-order valence-corrected chi connectivity index (χ2v) is 5.32. The van der Waals surface area contributed by atoms with E-state index in [1.165, 1.54) is 11.3 Å². The van der Waals surface area contributed by atoms with Gasteiger partial charge in [0.1, 0.15) is 21.9 Å². The molecule has 0 bridgehead atoms. The molecule has 0 aliphatic heterocycles. The maximum atomic E-state index is 11.2. The lowest BCUT2D eigenvalue weighted by molar-refractivity contribution is -0.142. The number of hydrogen-bond donors (Lipinski definition) is 1. The average molecular weight is 263 g/mol. The Morgan fingerprint density at radius 3 is 2.72 bits per heavy atom. The van der Waals surface area contributed by atoms with Gasteiger partial charge in [0, 0.05) is 11.6 Å². The van der Waals surface area contributed by atoms with Crippen molar-refractivity contribution in [3.05, 3.63) is 29.2 Å². The minimum atomic E-state index is -0.989. The summed E-state index contributed by atoms with van der Waals surface area (Å²) in [6.07, 6.45) is 1.67. The molecule has 0 aliphatic rings. The van der Waals surface area contributed by atoms with Gasteiger partial charge in [0.2, 0.25) is 0 Å². The van der Waals surface area contributed by atoms with Crippen LogP contribution in [0.2, 0.25) is 0 Å². The first-order chi connectivity index (χ1) is 8.41. The molecule has 2 rings (SSSR count). The van der Waals surface area contributed by atoms with E-state index in [9.17, 15) is 4.79 Å². The molecule has 6 heteroatoms. The van der Waals surface area contributed by atoms with Crippen LogP contribution in [0.3, 0.4) is 0 Å². The third-order valence-electron chi connectivity index (χ3n) is 2.67. The van der Waals surface area contributed by atoms with Crippen molar-refractivity contribution in [3.63, 3.8) is 0 Å². The van der Waals surface area contributed by atoms with Gasteiger partial charge >= 0.3 is 5.97 Å². The molecule has 0 unspecified atom stereocenters. The van der Waals surface area contributed by atoms with Crippen LogP contribution >= 0.6 is 11.3 Å². The minimum Gasteiger partial charge on any atom is -0.481 e. The van der Waals surface area contributed by atoms with Gasteiger partial charge < -0.3 is 5.11 Å². The highest BCUT2D eigenvalue weighted by Gasteiger charge is 2.32. The molecule has 0 radical (unpaired) electrons. The summed E-state index contributed by atoms with van der Waals surface area (Å²) in [5.74, 6) is -0.222. The third kappa shape index (κ3) is 2.24. The van der Waals surface area contributed by atoms with Crippen LogP contribution in [0.1, 0.15) is 25.4 Å². The van der Waals surface area contributed by atoms with Crippen LogP contribution in [-0.2, 0) is 10.2 Å². The maximum Gasteiger partial charge on any atom is 0.315 e. The summed E-state index contributed by atoms with van der Waals surface area (Å²) in [4.78, 5) is 23.8. The van der Waals surface area contributed by atoms with Crippen molar-refractivity contribution in [3.8, 4) is 10.7 Å². The molecule has 0 fully saturated rings. The molecule has 5 nitrogen and oxygen atoms in total. The molecule has 0 aliphatic carbocycles. The number of rotatable bonds is 3. The first-order valence-corrected chi connectivity index (χ1v) is 6.28. The highest BCUT2D eigenvalue weighted by Crippen LogP contribution is 2.29. The highest BCUT2D eigenvalue weighted by atomic mass is 32.1. The zero-order chi connectivity index (χ0) is 13.3. The number of aryl methyl sites for hydroxylation is 1. The van der Waals surface area contributed by atoms with Crippen molar-refractivity contribution in [1.29, 1.82) is 0 Å². The monoisotopic (exact) mass is 263 g/mol. The van der Waals surface area contributed by atoms with Crippen LogP contribution in [0.25, 0.3) is 10.7 Å². The van der Waals surface area contributed by atoms with Crippen LogP contribution in [0.4, 0.5) is 0 Å². The first-order valence-electron chi connectivity index (χ1n) is 5.40. The first kappa shape index (κ1) is 12.6. The van der Waals surface area contributed by atoms with Gasteiger partial charge in [0.15, 0.2) is 0 Å². The lowest BCUT2D eigenvalue weighted by atomic mass is 9.90. The Hall–Kier alpha value is -1.82. The molecule has 0 spiro atoms. The molecule has 2 aromatic heterocycles. The van der Waals surface area contributed by atoms with Crippen molar-refractivity contribution in [2.75, 3.05) is 0 Å². The molecule has 0 saturated carbocycles. The standard InChI is InChI=1S/C12H13N3O2S/c1-7-13-5-4-8(14-7)10-15-9(6-18-10)12(2,3)11(16)17/h4-6H,1-3H3,(H,16,17). The van der Waals surface area contributed by atoms with E-state index < -0.39 is 11.4 Å². The lowest BCUT2D eigenvalue weighted by Crippen LogP contribution is -2.28. The number of carbonyl (C=O) groups is 1. The Kier molecular flexibility index (Phi) is 3.13. The number of carboxylic acid groups (broad SMARTS) is 1. The van der Waals surface area contributed by atoms with Gasteiger partial charge in [0.25, 0.3) is 0 Å². The Morgan fingerprint density at radius 1 is 1.39 bits per heavy atom. The Labute approximate surface area is 109 Å². The van der Waals surface area contributed by atoms with Crippen molar-refractivity contribution in [2.24, 2.45) is 0 Å². The average Bonchev–Trinajstić information content (AvgIpc) is 2.78. The predicted octanol–water partition coefficient (Wildman–Crippen LogP) is 2.27. The Bertz CT molecular complexity index is 593. The smallest absolute Gasteiger partial charge is 0.315 e. The molecule has 0 atom stereocenters. The van der Waals surface area contributed by atoms with E-state index in [4.69, 9.17) is 5.11 Å². The minimum absolute atomic E-state index is 0.547. The quantitative estimate of drug-likeness (QED) is 0.919. The summed E-state index contributed by atoms with van der Waals surface area (Å²) in [5.41, 5.74) is 0.280. The summed E-state index contributed by atoms with van der Waals surface area (Å²) in [5, 5.41) is 11.6. The Balaban J connectivity index is 2.40. The molecule has 0 amide bonds. The fourth-order valence-electron chi connectivity index (χ4n) is 1.36. The number of aromatic nitrogens is 3. The third-order valence-corrected chi connectivity index (χ3v) is 3.54. The van der Waals surface area contributed by atoms with Gasteiger partial charge in [-0.05, 0) is 26.8 Å². The zero-order valence-electron chi connectivity index (χ0n) is 10.3. The van der Waals surface area contributed by atoms with Crippen molar-refractivity contribution >= 4 is 17.3 Å². The van der Waals surface area contributed by atoms with Crippen molar-refractivity contribution in [1.82, 2.24) is 15.0 Å². The molecule has 2 heterocycles. The van der Waals surface area contributed by atoms with Crippen LogP contribution < -0.4 is 0 Å². The molecule has 2 aromatic rings. The number of hydrogen-bond acceptors (Lipinski definition) is 5. The van der Waals surface area contributed by atoms with Gasteiger partial charge in [-0.15, -0.1) is 11.3 Å². The molecule has 18 heavy (non-hydrogen) atoms. The molecule has 1 N–H and O–H groups in total. The number of nitrogens with zero attached hydrogens (tertiary/aromatic N) is 3. The normalized spacial score (nSPS) is 11.5. The van der Waals surface area contributed by atoms with E-state index >= 15 is 0 Å². The van der Waals surface area contributed by atoms with Gasteiger partial charge in [-0.3, -0.25) is 4.79 Å². The summed E-state index contributed by atoms with van der Waals surface area (Å²) in [6.45, 7) is 5.08. The second-order valence-electron chi connectivity index (χ2n) is 4.46. The summed E-state index contributed by atoms with van der Waals surface area (Å²) >= 11 is 1.39. The predicted molar refractivity (Wildman–Crippen MR) is 68.5 cm³/mol. The number of carboxylic acids is 1. The van der Waals surface area contributed by atoms with Crippen LogP contribution in [0.5, 0.6) is 0 Å². The van der Waals surface area contributed by atoms with E-state index in [-0.39, 0.29) is 0 Å². The van der Waals surface area contributed by atoms with Gasteiger partial charge in [-0.2, -0.15) is 0 Å². The molecule has 0 aromatic carbocycles. The molecular weight excluding hydrogens is 250 g/mol. The van der Waals surface area contributed by atoms with Crippen LogP contribution in [0.15, 0.2) is 17.6 Å². The molecular formula is C12H13N3O2S. The lowest BCUT2D eigenvalue weighted by Gasteiger charge is -2.15. The fraction of sp³-hybridized carbons (Fsp3) is 0.333. The van der Waals surface area contributed by atoms with Crippen molar-refractivity contribution < 1.29 is 9.90 Å². The zero-order valence-corrected chi connectivity index (χ0v) is 11.2. The van der Waals surface area contributed by atoms with Crippen molar-refractivity contribution in [2.45, 2.75) is 26.2 Å². The maximum absolute atomic E-state index is 11.2. The topological polar surface area (TPSA) is 76.0 Å². The van der Waals surface area contributed by atoms with Gasteiger partial charge in [-0.1, -0.05) is 0 Å². The van der Waals surface area contributed by atoms with Crippen LogP contribution in [-0.4, -0.2) is 26.0 Å². The van der Waals surface area contributed by atoms with E-state index in [1.54, 1.807) is 38.4 Å². The summed E-state index contributed by atoms with van der Waals surface area (Å²) in [6, 6.07) is 1.77. The second kappa shape index (κ2) is 4.45. The number of thiazole rings is 1. The SMILES string of the molecule is Cc1nccc(-c2nc(C(C)(C)C(=O)O)cs2)n1. The van der Waals surface area contributed by atoms with Crippen LogP contribution in [0, 0.1) is 6.92 Å². The van der Waals surface area contributed by atoms with Gasteiger partial charge in [-0.25, -0.2) is 15.0 Å². The largest absolute Gasteiger partial charge is 0.481 e. The molecule has 94 valence electrons. The molecule has 0 saturated heterocycles. The number of aliphatic carboxylic acids is 1. The Morgan fingerprint density at radius 2 is 2.11 bits per heavy atom. The summed E-state index contributed by atoms with van der Waals surface area (Å²) < 4.78 is 0. The highest BCUT2D eigenvalue weighted by molar-refractivity contribution is 7.13. The van der Waals surface area contributed by atoms with Gasteiger partial charge in [0.05, 0.1) is 5.69 Å². The van der Waals surface area contributed by atoms with E-state index in [0.29, 0.717) is 16.5 Å².